The molecule has 2 heterocycles. The zero-order chi connectivity index (χ0) is 19.5. The lowest BCUT2D eigenvalue weighted by Gasteiger charge is -2.43. The zero-order valence-electron chi connectivity index (χ0n) is 15.4. The van der Waals surface area contributed by atoms with Crippen LogP contribution in [0.3, 0.4) is 0 Å². The average Bonchev–Trinajstić information content (AvgIpc) is 3.18. The van der Waals surface area contributed by atoms with Gasteiger partial charge in [0.1, 0.15) is 11.6 Å². The molecule has 1 unspecified atom stereocenters. The number of hydrogen-bond donors (Lipinski definition) is 1. The summed E-state index contributed by atoms with van der Waals surface area (Å²) in [6.45, 7) is 8.88. The molecule has 144 valence electrons. The number of nitrogens with zero attached hydrogens (tertiary/aromatic N) is 3. The van der Waals surface area contributed by atoms with Crippen LogP contribution in [0.5, 0.6) is 0 Å². The number of aliphatic carboxylic acids is 1. The molecule has 26 heavy (non-hydrogen) atoms. The highest BCUT2D eigenvalue weighted by Gasteiger charge is 2.60. The molecule has 3 fully saturated rings. The van der Waals surface area contributed by atoms with Crippen molar-refractivity contribution in [1.82, 2.24) is 14.7 Å². The van der Waals surface area contributed by atoms with E-state index < -0.39 is 17.6 Å². The van der Waals surface area contributed by atoms with Gasteiger partial charge >= 0.3 is 0 Å². The fourth-order valence-electron chi connectivity index (χ4n) is 3.64. The SMILES string of the molecule is C=CC(=O)N1CCN(C(C)C(=O)N2CCCC2)C(=O)C12CC2.CC(=O)O. The molecule has 0 aromatic heterocycles. The van der Waals surface area contributed by atoms with Crippen molar-refractivity contribution in [3.63, 3.8) is 0 Å². The van der Waals surface area contributed by atoms with E-state index in [4.69, 9.17) is 9.90 Å². The molecule has 2 aliphatic heterocycles. The van der Waals surface area contributed by atoms with Crippen LogP contribution in [0.1, 0.15) is 39.5 Å². The molecule has 3 amide bonds. The van der Waals surface area contributed by atoms with E-state index in [1.54, 1.807) is 16.7 Å². The van der Waals surface area contributed by atoms with E-state index in [-0.39, 0.29) is 17.7 Å². The number of likely N-dealkylation sites (tertiary alicyclic amines) is 1. The lowest BCUT2D eigenvalue weighted by molar-refractivity contribution is -0.157. The smallest absolute Gasteiger partial charge is 0.300 e. The van der Waals surface area contributed by atoms with E-state index in [2.05, 4.69) is 6.58 Å². The number of rotatable bonds is 3. The second kappa shape index (κ2) is 7.88. The molecule has 3 aliphatic rings. The van der Waals surface area contributed by atoms with Gasteiger partial charge in [0.05, 0.1) is 0 Å². The monoisotopic (exact) mass is 365 g/mol. The third-order valence-electron chi connectivity index (χ3n) is 5.15. The molecule has 8 heteroatoms. The van der Waals surface area contributed by atoms with Crippen LogP contribution in [0.25, 0.3) is 0 Å². The summed E-state index contributed by atoms with van der Waals surface area (Å²) in [5, 5.41) is 7.42. The highest BCUT2D eigenvalue weighted by molar-refractivity contribution is 6.00. The standard InChI is InChI=1S/C16H23N3O3.C2H4O2/c1-3-13(20)19-11-10-18(15(22)16(19)6-7-16)12(2)14(21)17-8-4-5-9-17;1-2(3)4/h3,12H,1,4-11H2,2H3;1H3,(H,3,4). The summed E-state index contributed by atoms with van der Waals surface area (Å²) in [5.74, 6) is -1.07. The fourth-order valence-corrected chi connectivity index (χ4v) is 3.64. The van der Waals surface area contributed by atoms with Gasteiger partial charge in [0.15, 0.2) is 0 Å². The first-order chi connectivity index (χ1) is 12.2. The predicted octanol–water partition coefficient (Wildman–Crippen LogP) is 0.478. The number of carbonyl (C=O) groups is 4. The molecule has 0 aromatic carbocycles. The van der Waals surface area contributed by atoms with Crippen molar-refractivity contribution in [2.75, 3.05) is 26.2 Å². The van der Waals surface area contributed by atoms with Crippen molar-refractivity contribution in [2.24, 2.45) is 0 Å². The first-order valence-corrected chi connectivity index (χ1v) is 8.98. The van der Waals surface area contributed by atoms with Crippen molar-refractivity contribution < 1.29 is 24.3 Å². The first-order valence-electron chi connectivity index (χ1n) is 8.98. The Labute approximate surface area is 153 Å². The Balaban J connectivity index is 0.000000552. The van der Waals surface area contributed by atoms with E-state index >= 15 is 0 Å². The molecule has 0 aromatic rings. The van der Waals surface area contributed by atoms with Crippen molar-refractivity contribution in [3.8, 4) is 0 Å². The van der Waals surface area contributed by atoms with Gasteiger partial charge in [-0.15, -0.1) is 0 Å². The Morgan fingerprint density at radius 3 is 2.15 bits per heavy atom. The van der Waals surface area contributed by atoms with Crippen LogP contribution in [0.15, 0.2) is 12.7 Å². The molecule has 1 saturated carbocycles. The van der Waals surface area contributed by atoms with Crippen molar-refractivity contribution >= 4 is 23.7 Å². The average molecular weight is 365 g/mol. The Kier molecular flexibility index (Phi) is 6.05. The summed E-state index contributed by atoms with van der Waals surface area (Å²) in [4.78, 5) is 51.5. The van der Waals surface area contributed by atoms with Crippen LogP contribution in [0.4, 0.5) is 0 Å². The van der Waals surface area contributed by atoms with Gasteiger partial charge in [-0.05, 0) is 38.7 Å². The van der Waals surface area contributed by atoms with Gasteiger partial charge in [0.2, 0.25) is 17.7 Å². The number of hydrogen-bond acceptors (Lipinski definition) is 4. The van der Waals surface area contributed by atoms with Gasteiger partial charge in [-0.1, -0.05) is 6.58 Å². The van der Waals surface area contributed by atoms with Gasteiger partial charge in [0.25, 0.3) is 5.97 Å². The molecule has 1 N–H and O–H groups in total. The summed E-state index contributed by atoms with van der Waals surface area (Å²) < 4.78 is 0. The molecular weight excluding hydrogens is 338 g/mol. The molecule has 1 atom stereocenters. The van der Waals surface area contributed by atoms with Crippen molar-refractivity contribution in [1.29, 1.82) is 0 Å². The number of carboxylic acids is 1. The van der Waals surface area contributed by atoms with Gasteiger partial charge in [-0.3, -0.25) is 19.2 Å². The molecule has 8 nitrogen and oxygen atoms in total. The molecule has 2 saturated heterocycles. The van der Waals surface area contributed by atoms with Crippen LogP contribution in [-0.4, -0.2) is 81.3 Å². The Morgan fingerprint density at radius 1 is 1.15 bits per heavy atom. The van der Waals surface area contributed by atoms with E-state index in [9.17, 15) is 14.4 Å². The van der Waals surface area contributed by atoms with Gasteiger partial charge < -0.3 is 19.8 Å². The third kappa shape index (κ3) is 3.89. The fraction of sp³-hybridized carbons (Fsp3) is 0.667. The van der Waals surface area contributed by atoms with Gasteiger partial charge in [0, 0.05) is 33.1 Å². The molecule has 1 spiro atoms. The highest BCUT2D eigenvalue weighted by Crippen LogP contribution is 2.45. The summed E-state index contributed by atoms with van der Waals surface area (Å²) in [6.07, 6.45) is 4.72. The molecule has 0 radical (unpaired) electrons. The van der Waals surface area contributed by atoms with Crippen molar-refractivity contribution in [3.05, 3.63) is 12.7 Å². The highest BCUT2D eigenvalue weighted by atomic mass is 16.4. The summed E-state index contributed by atoms with van der Waals surface area (Å²) in [7, 11) is 0. The molecular formula is C18H27N3O5. The number of piperazine rings is 1. The minimum atomic E-state index is -0.833. The minimum absolute atomic E-state index is 0.0325. The lowest BCUT2D eigenvalue weighted by Crippen LogP contribution is -2.64. The number of amides is 3. The maximum Gasteiger partial charge on any atom is 0.300 e. The Hall–Kier alpha value is -2.38. The van der Waals surface area contributed by atoms with Crippen LogP contribution in [0, 0.1) is 0 Å². The van der Waals surface area contributed by atoms with E-state index in [0.717, 1.165) is 32.9 Å². The molecule has 3 rings (SSSR count). The normalized spacial score (nSPS) is 21.8. The van der Waals surface area contributed by atoms with E-state index in [1.165, 1.54) is 6.08 Å². The first kappa shape index (κ1) is 19.9. The van der Waals surface area contributed by atoms with Crippen LogP contribution >= 0.6 is 0 Å². The van der Waals surface area contributed by atoms with Crippen LogP contribution in [-0.2, 0) is 19.2 Å². The number of carbonyl (C=O) groups excluding carboxylic acids is 3. The summed E-state index contributed by atoms with van der Waals surface area (Å²) in [5.41, 5.74) is -0.705. The van der Waals surface area contributed by atoms with E-state index in [0.29, 0.717) is 25.9 Å². The van der Waals surface area contributed by atoms with Gasteiger partial charge in [-0.25, -0.2) is 0 Å². The molecule has 1 aliphatic carbocycles. The Bertz CT molecular complexity index is 604. The summed E-state index contributed by atoms with van der Waals surface area (Å²) >= 11 is 0. The summed E-state index contributed by atoms with van der Waals surface area (Å²) in [6, 6.07) is -0.441. The largest absolute Gasteiger partial charge is 0.481 e. The Morgan fingerprint density at radius 2 is 1.69 bits per heavy atom. The second-order valence-electron chi connectivity index (χ2n) is 6.95. The lowest BCUT2D eigenvalue weighted by atomic mass is 10.1. The predicted molar refractivity (Wildman–Crippen MR) is 94.2 cm³/mol. The molecule has 0 bridgehead atoms. The number of carboxylic acid groups (broad SMARTS) is 1. The van der Waals surface area contributed by atoms with Crippen LogP contribution in [0.2, 0.25) is 0 Å². The minimum Gasteiger partial charge on any atom is -0.481 e. The zero-order valence-corrected chi connectivity index (χ0v) is 15.4. The van der Waals surface area contributed by atoms with Crippen LogP contribution < -0.4 is 0 Å². The van der Waals surface area contributed by atoms with Gasteiger partial charge in [-0.2, -0.15) is 0 Å². The van der Waals surface area contributed by atoms with E-state index in [1.807, 2.05) is 4.90 Å². The second-order valence-corrected chi connectivity index (χ2v) is 6.95. The maximum absolute atomic E-state index is 12.8. The maximum atomic E-state index is 12.8. The third-order valence-corrected chi connectivity index (χ3v) is 5.15. The van der Waals surface area contributed by atoms with Crippen molar-refractivity contribution in [2.45, 2.75) is 51.1 Å². The quantitative estimate of drug-likeness (QED) is 0.734. The topological polar surface area (TPSA) is 98.2 Å².